The Morgan fingerprint density at radius 2 is 1.63 bits per heavy atom. The molecule has 0 radical (unpaired) electrons. The topological polar surface area (TPSA) is 20.3 Å². The first kappa shape index (κ1) is 13.6. The summed E-state index contributed by atoms with van der Waals surface area (Å²) < 4.78 is 14.1. The zero-order valence-electron chi connectivity index (χ0n) is 11.2. The zero-order valence-corrected chi connectivity index (χ0v) is 12.0. The maximum absolute atomic E-state index is 12.4. The number of aryl methyl sites for hydroxylation is 1. The number of nitrogens with zero attached hydrogens (tertiary/aromatic N) is 1. The van der Waals surface area contributed by atoms with E-state index in [9.17, 15) is 4.21 Å². The molecule has 2 aromatic rings. The Kier molecular flexibility index (Phi) is 4.17. The summed E-state index contributed by atoms with van der Waals surface area (Å²) >= 11 is 0. The fourth-order valence-corrected chi connectivity index (χ4v) is 2.72. The van der Waals surface area contributed by atoms with Crippen LogP contribution < -0.4 is 0 Å². The average molecular weight is 271 g/mol. The maximum atomic E-state index is 12.4. The van der Waals surface area contributed by atoms with Crippen LogP contribution in [-0.2, 0) is 11.0 Å². The summed E-state index contributed by atoms with van der Waals surface area (Å²) in [6.07, 6.45) is 0. The first-order valence-corrected chi connectivity index (χ1v) is 7.17. The molecule has 0 fully saturated rings. The van der Waals surface area contributed by atoms with Gasteiger partial charge in [0, 0.05) is 12.7 Å². The minimum absolute atomic E-state index is 0.750. The molecule has 0 N–H and O–H groups in total. The summed E-state index contributed by atoms with van der Waals surface area (Å²) in [7, 11) is 0.564. The highest BCUT2D eigenvalue weighted by atomic mass is 32.2. The molecule has 0 aromatic heterocycles. The van der Waals surface area contributed by atoms with Gasteiger partial charge in [-0.2, -0.15) is 0 Å². The van der Waals surface area contributed by atoms with Gasteiger partial charge in [-0.05, 0) is 24.6 Å². The summed E-state index contributed by atoms with van der Waals surface area (Å²) in [6, 6.07) is 17.5. The van der Waals surface area contributed by atoms with Crippen molar-refractivity contribution < 1.29 is 4.21 Å². The Morgan fingerprint density at radius 3 is 2.21 bits per heavy atom. The van der Waals surface area contributed by atoms with E-state index >= 15 is 0 Å². The van der Waals surface area contributed by atoms with E-state index in [0.29, 0.717) is 0 Å². The molecule has 0 amide bonds. The second-order valence-electron chi connectivity index (χ2n) is 4.37. The number of benzene rings is 2. The van der Waals surface area contributed by atoms with Gasteiger partial charge in [-0.15, -0.1) is 0 Å². The van der Waals surface area contributed by atoms with E-state index in [1.807, 2.05) is 61.5 Å². The van der Waals surface area contributed by atoms with Gasteiger partial charge in [0.25, 0.3) is 0 Å². The molecule has 0 saturated heterocycles. The fraction of sp³-hybridized carbons (Fsp3) is 0.125. The molecule has 19 heavy (non-hydrogen) atoms. The summed E-state index contributed by atoms with van der Waals surface area (Å²) in [5.41, 5.74) is 2.88. The van der Waals surface area contributed by atoms with Gasteiger partial charge in [-0.25, -0.2) is 4.21 Å². The molecule has 0 aliphatic carbocycles. The van der Waals surface area contributed by atoms with Gasteiger partial charge in [-0.3, -0.25) is 4.31 Å². The molecule has 0 aliphatic heterocycles. The lowest BCUT2D eigenvalue weighted by molar-refractivity contribution is 0.638. The van der Waals surface area contributed by atoms with E-state index in [-0.39, 0.29) is 0 Å². The predicted octanol–water partition coefficient (Wildman–Crippen LogP) is 3.62. The summed E-state index contributed by atoms with van der Waals surface area (Å²) in [4.78, 5) is 0.783. The third-order valence-corrected chi connectivity index (χ3v) is 4.35. The van der Waals surface area contributed by atoms with Gasteiger partial charge in [0.05, 0.1) is 4.90 Å². The number of hydrogen-bond acceptors (Lipinski definition) is 1. The largest absolute Gasteiger partial charge is 0.291 e. The summed E-state index contributed by atoms with van der Waals surface area (Å²) in [5, 5.41) is 0. The third-order valence-electron chi connectivity index (χ3n) is 2.96. The van der Waals surface area contributed by atoms with Crippen LogP contribution in [-0.4, -0.2) is 15.6 Å². The zero-order chi connectivity index (χ0) is 13.8. The van der Waals surface area contributed by atoms with Gasteiger partial charge >= 0.3 is 0 Å². The van der Waals surface area contributed by atoms with E-state index in [1.165, 1.54) is 0 Å². The van der Waals surface area contributed by atoms with Crippen LogP contribution in [0.1, 0.15) is 11.1 Å². The molecular formula is C16H17NOS. The molecule has 2 aromatic carbocycles. The molecule has 1 unspecified atom stereocenters. The SMILES string of the molecule is C=C(c1ccccc1)N(C)S(=O)c1ccc(C)cc1. The summed E-state index contributed by atoms with van der Waals surface area (Å²) in [6.45, 7) is 6.04. The Bertz CT molecular complexity index is 590. The normalized spacial score (nSPS) is 11.9. The van der Waals surface area contributed by atoms with E-state index in [1.54, 1.807) is 11.4 Å². The van der Waals surface area contributed by atoms with E-state index in [4.69, 9.17) is 0 Å². The Morgan fingerprint density at radius 1 is 1.05 bits per heavy atom. The molecule has 2 nitrogen and oxygen atoms in total. The predicted molar refractivity (Wildman–Crippen MR) is 80.8 cm³/mol. The molecule has 98 valence electrons. The van der Waals surface area contributed by atoms with Crippen LogP contribution in [0, 0.1) is 6.92 Å². The van der Waals surface area contributed by atoms with Gasteiger partial charge in [0.1, 0.15) is 0 Å². The van der Waals surface area contributed by atoms with Gasteiger partial charge in [0.2, 0.25) is 0 Å². The maximum Gasteiger partial charge on any atom is 0.152 e. The highest BCUT2D eigenvalue weighted by molar-refractivity contribution is 7.83. The molecule has 0 aliphatic rings. The molecular weight excluding hydrogens is 254 g/mol. The van der Waals surface area contributed by atoms with Crippen LogP contribution >= 0.6 is 0 Å². The average Bonchev–Trinajstić information content (AvgIpc) is 2.46. The van der Waals surface area contributed by atoms with Crippen LogP contribution in [0.15, 0.2) is 66.1 Å². The first-order chi connectivity index (χ1) is 9.09. The molecule has 0 bridgehead atoms. The molecule has 0 heterocycles. The molecule has 1 atom stereocenters. The quantitative estimate of drug-likeness (QED) is 0.831. The third kappa shape index (κ3) is 3.12. The van der Waals surface area contributed by atoms with Crippen LogP contribution in [0.25, 0.3) is 5.70 Å². The second-order valence-corrected chi connectivity index (χ2v) is 5.89. The van der Waals surface area contributed by atoms with Crippen molar-refractivity contribution in [1.82, 2.24) is 4.31 Å². The van der Waals surface area contributed by atoms with Crippen molar-refractivity contribution in [1.29, 1.82) is 0 Å². The Hall–Kier alpha value is -1.87. The van der Waals surface area contributed by atoms with Crippen molar-refractivity contribution in [3.63, 3.8) is 0 Å². The second kappa shape index (κ2) is 5.85. The van der Waals surface area contributed by atoms with E-state index < -0.39 is 11.0 Å². The van der Waals surface area contributed by atoms with Crippen LogP contribution in [0.4, 0.5) is 0 Å². The van der Waals surface area contributed by atoms with Gasteiger partial charge in [-0.1, -0.05) is 54.6 Å². The van der Waals surface area contributed by atoms with Crippen molar-refractivity contribution in [3.05, 3.63) is 72.3 Å². The monoisotopic (exact) mass is 271 g/mol. The number of hydrogen-bond donors (Lipinski definition) is 0. The summed E-state index contributed by atoms with van der Waals surface area (Å²) in [5.74, 6) is 0. The molecule has 0 saturated carbocycles. The van der Waals surface area contributed by atoms with Crippen molar-refractivity contribution in [2.45, 2.75) is 11.8 Å². The molecule has 0 spiro atoms. The molecule has 2 rings (SSSR count). The minimum atomic E-state index is -1.23. The lowest BCUT2D eigenvalue weighted by atomic mass is 10.2. The minimum Gasteiger partial charge on any atom is -0.291 e. The Labute approximate surface area is 117 Å². The first-order valence-electron chi connectivity index (χ1n) is 6.06. The molecule has 3 heteroatoms. The van der Waals surface area contributed by atoms with Gasteiger partial charge < -0.3 is 0 Å². The van der Waals surface area contributed by atoms with Gasteiger partial charge in [0.15, 0.2) is 11.0 Å². The number of rotatable bonds is 4. The lowest BCUT2D eigenvalue weighted by Gasteiger charge is -2.20. The smallest absolute Gasteiger partial charge is 0.152 e. The van der Waals surface area contributed by atoms with Crippen molar-refractivity contribution in [2.24, 2.45) is 0 Å². The van der Waals surface area contributed by atoms with Crippen molar-refractivity contribution in [3.8, 4) is 0 Å². The Balaban J connectivity index is 2.20. The van der Waals surface area contributed by atoms with Crippen LogP contribution in [0.2, 0.25) is 0 Å². The highest BCUT2D eigenvalue weighted by Gasteiger charge is 2.13. The standard InChI is InChI=1S/C16H17NOS/c1-13-9-11-16(12-10-13)19(18)17(3)14(2)15-7-5-4-6-8-15/h4-12H,2H2,1,3H3. The van der Waals surface area contributed by atoms with Crippen LogP contribution in [0.5, 0.6) is 0 Å². The fourth-order valence-electron chi connectivity index (χ4n) is 1.73. The lowest BCUT2D eigenvalue weighted by Crippen LogP contribution is -2.19. The van der Waals surface area contributed by atoms with Crippen LogP contribution in [0.3, 0.4) is 0 Å². The highest BCUT2D eigenvalue weighted by Crippen LogP contribution is 2.20. The van der Waals surface area contributed by atoms with E-state index in [0.717, 1.165) is 21.7 Å². The van der Waals surface area contributed by atoms with E-state index in [2.05, 4.69) is 6.58 Å². The van der Waals surface area contributed by atoms with Crippen molar-refractivity contribution >= 4 is 16.7 Å². The van der Waals surface area contributed by atoms with Crippen molar-refractivity contribution in [2.75, 3.05) is 7.05 Å².